The highest BCUT2D eigenvalue weighted by molar-refractivity contribution is 9.10. The van der Waals surface area contributed by atoms with E-state index in [0.717, 1.165) is 15.7 Å². The average Bonchev–Trinajstić information content (AvgIpc) is 3.01. The van der Waals surface area contributed by atoms with E-state index in [9.17, 15) is 9.18 Å². The van der Waals surface area contributed by atoms with Gasteiger partial charge < -0.3 is 5.32 Å². The van der Waals surface area contributed by atoms with Crippen LogP contribution in [0.4, 0.5) is 10.1 Å². The Morgan fingerprint density at radius 1 is 1.17 bits per heavy atom. The minimum absolute atomic E-state index is 0.289. The number of aryl methyl sites for hydroxylation is 1. The van der Waals surface area contributed by atoms with Crippen molar-refractivity contribution >= 4 is 27.5 Å². The molecule has 23 heavy (non-hydrogen) atoms. The van der Waals surface area contributed by atoms with Gasteiger partial charge in [0.05, 0.1) is 5.69 Å². The maximum atomic E-state index is 12.9. The van der Waals surface area contributed by atoms with Crippen LogP contribution in [0, 0.1) is 12.7 Å². The Balaban J connectivity index is 1.79. The van der Waals surface area contributed by atoms with Gasteiger partial charge >= 0.3 is 0 Å². The Morgan fingerprint density at radius 2 is 1.91 bits per heavy atom. The largest absolute Gasteiger partial charge is 0.320 e. The van der Waals surface area contributed by atoms with Gasteiger partial charge in [-0.15, -0.1) is 0 Å². The first-order valence-corrected chi connectivity index (χ1v) is 7.71. The van der Waals surface area contributed by atoms with Crippen LogP contribution in [0.3, 0.4) is 0 Å². The molecule has 1 N–H and O–H groups in total. The normalized spacial score (nSPS) is 10.6. The lowest BCUT2D eigenvalue weighted by Gasteiger charge is -2.07. The quantitative estimate of drug-likeness (QED) is 0.742. The molecule has 0 unspecified atom stereocenters. The smallest absolute Gasteiger partial charge is 0.276 e. The summed E-state index contributed by atoms with van der Waals surface area (Å²) in [4.78, 5) is 12.3. The van der Waals surface area contributed by atoms with Crippen molar-refractivity contribution in [1.29, 1.82) is 0 Å². The number of anilines is 1. The molecule has 0 aliphatic rings. The summed E-state index contributed by atoms with van der Waals surface area (Å²) in [5, 5.41) is 7.06. The highest BCUT2D eigenvalue weighted by atomic mass is 79.9. The first kappa shape index (κ1) is 15.4. The molecule has 1 amide bonds. The first-order chi connectivity index (χ1) is 11.0. The molecule has 2 aromatic carbocycles. The summed E-state index contributed by atoms with van der Waals surface area (Å²) in [6, 6.07) is 13.1. The molecule has 4 nitrogen and oxygen atoms in total. The molecule has 116 valence electrons. The number of carbonyl (C=O) groups excluding carboxylic acids is 1. The van der Waals surface area contributed by atoms with E-state index in [-0.39, 0.29) is 17.4 Å². The van der Waals surface area contributed by atoms with Gasteiger partial charge in [-0.3, -0.25) is 4.79 Å². The average molecular weight is 374 g/mol. The number of benzene rings is 2. The lowest BCUT2D eigenvalue weighted by molar-refractivity contribution is 0.102. The molecule has 0 atom stereocenters. The van der Waals surface area contributed by atoms with Crippen molar-refractivity contribution < 1.29 is 9.18 Å². The Labute approximate surface area is 141 Å². The zero-order valence-corrected chi connectivity index (χ0v) is 13.8. The fraction of sp³-hybridized carbons (Fsp3) is 0.0588. The van der Waals surface area contributed by atoms with Crippen molar-refractivity contribution in [1.82, 2.24) is 9.78 Å². The van der Waals surface area contributed by atoms with Gasteiger partial charge in [-0.1, -0.05) is 15.9 Å². The van der Waals surface area contributed by atoms with Crippen LogP contribution in [0.2, 0.25) is 0 Å². The number of halogens is 2. The van der Waals surface area contributed by atoms with Gasteiger partial charge in [-0.2, -0.15) is 5.10 Å². The van der Waals surface area contributed by atoms with Gasteiger partial charge in [0.1, 0.15) is 5.82 Å². The summed E-state index contributed by atoms with van der Waals surface area (Å²) in [6.07, 6.45) is 1.66. The first-order valence-electron chi connectivity index (χ1n) is 6.92. The number of nitrogens with one attached hydrogen (secondary N) is 1. The lowest BCUT2D eigenvalue weighted by Crippen LogP contribution is -2.14. The Bertz CT molecular complexity index is 859. The molecule has 1 aromatic heterocycles. The number of rotatable bonds is 3. The molecule has 3 aromatic rings. The summed E-state index contributed by atoms with van der Waals surface area (Å²) in [6.45, 7) is 1.91. The maximum Gasteiger partial charge on any atom is 0.276 e. The lowest BCUT2D eigenvalue weighted by atomic mass is 10.2. The van der Waals surface area contributed by atoms with E-state index in [1.165, 1.54) is 16.8 Å². The predicted molar refractivity (Wildman–Crippen MR) is 90.4 cm³/mol. The van der Waals surface area contributed by atoms with Crippen molar-refractivity contribution in [2.45, 2.75) is 6.92 Å². The minimum atomic E-state index is -0.315. The van der Waals surface area contributed by atoms with Crippen molar-refractivity contribution in [3.05, 3.63) is 76.3 Å². The third-order valence-electron chi connectivity index (χ3n) is 3.35. The van der Waals surface area contributed by atoms with Crippen LogP contribution >= 0.6 is 15.9 Å². The van der Waals surface area contributed by atoms with Crippen molar-refractivity contribution in [2.24, 2.45) is 0 Å². The molecule has 0 fully saturated rings. The summed E-state index contributed by atoms with van der Waals surface area (Å²) in [5.41, 5.74) is 2.65. The number of carbonyl (C=O) groups is 1. The van der Waals surface area contributed by atoms with Gasteiger partial charge in [0.25, 0.3) is 5.91 Å². The van der Waals surface area contributed by atoms with E-state index < -0.39 is 0 Å². The number of nitrogens with zero attached hydrogens (tertiary/aromatic N) is 2. The van der Waals surface area contributed by atoms with Crippen molar-refractivity contribution in [3.63, 3.8) is 0 Å². The van der Waals surface area contributed by atoms with Gasteiger partial charge in [-0.05, 0) is 61.0 Å². The fourth-order valence-electron chi connectivity index (χ4n) is 2.14. The third kappa shape index (κ3) is 3.48. The van der Waals surface area contributed by atoms with Crippen LogP contribution in [0.15, 0.2) is 59.2 Å². The molecule has 0 aliphatic heterocycles. The van der Waals surface area contributed by atoms with Gasteiger partial charge in [0, 0.05) is 16.4 Å². The zero-order chi connectivity index (χ0) is 16.4. The molecule has 0 bridgehead atoms. The van der Waals surface area contributed by atoms with E-state index in [4.69, 9.17) is 0 Å². The summed E-state index contributed by atoms with van der Waals surface area (Å²) >= 11 is 3.39. The summed E-state index contributed by atoms with van der Waals surface area (Å²) in [7, 11) is 0. The van der Waals surface area contributed by atoms with Crippen LogP contribution in [0.5, 0.6) is 0 Å². The SMILES string of the molecule is Cc1cc(Br)ccc1NC(=O)c1ccn(-c2ccc(F)cc2)n1. The monoisotopic (exact) mass is 373 g/mol. The topological polar surface area (TPSA) is 46.9 Å². The van der Waals surface area contributed by atoms with Gasteiger partial charge in [0.2, 0.25) is 0 Å². The van der Waals surface area contributed by atoms with Gasteiger partial charge in [0.15, 0.2) is 5.69 Å². The Kier molecular flexibility index (Phi) is 4.25. The van der Waals surface area contributed by atoms with Crippen molar-refractivity contribution in [2.75, 3.05) is 5.32 Å². The van der Waals surface area contributed by atoms with E-state index in [1.54, 1.807) is 24.4 Å². The summed E-state index contributed by atoms with van der Waals surface area (Å²) < 4.78 is 15.4. The van der Waals surface area contributed by atoms with E-state index in [1.807, 2.05) is 25.1 Å². The molecular weight excluding hydrogens is 361 g/mol. The molecule has 1 heterocycles. The highest BCUT2D eigenvalue weighted by Gasteiger charge is 2.12. The van der Waals surface area contributed by atoms with E-state index >= 15 is 0 Å². The van der Waals surface area contributed by atoms with Crippen LogP contribution < -0.4 is 5.32 Å². The van der Waals surface area contributed by atoms with Gasteiger partial charge in [-0.25, -0.2) is 9.07 Å². The maximum absolute atomic E-state index is 12.9. The molecular formula is C17H13BrFN3O. The van der Waals surface area contributed by atoms with E-state index in [0.29, 0.717) is 5.69 Å². The standard InChI is InChI=1S/C17H13BrFN3O/c1-11-10-12(18)2-7-15(11)20-17(23)16-8-9-22(21-16)14-5-3-13(19)4-6-14/h2-10H,1H3,(H,20,23). The third-order valence-corrected chi connectivity index (χ3v) is 3.84. The van der Waals surface area contributed by atoms with Crippen LogP contribution in [0.25, 0.3) is 5.69 Å². The number of amides is 1. The van der Waals surface area contributed by atoms with Crippen LogP contribution in [-0.2, 0) is 0 Å². The molecule has 0 radical (unpaired) electrons. The van der Waals surface area contributed by atoms with Crippen LogP contribution in [-0.4, -0.2) is 15.7 Å². The van der Waals surface area contributed by atoms with E-state index in [2.05, 4.69) is 26.3 Å². The minimum Gasteiger partial charge on any atom is -0.320 e. The molecule has 0 spiro atoms. The summed E-state index contributed by atoms with van der Waals surface area (Å²) in [5.74, 6) is -0.610. The molecule has 6 heteroatoms. The number of hydrogen-bond donors (Lipinski definition) is 1. The van der Waals surface area contributed by atoms with Crippen LogP contribution in [0.1, 0.15) is 16.1 Å². The molecule has 0 aliphatic carbocycles. The highest BCUT2D eigenvalue weighted by Crippen LogP contribution is 2.20. The Morgan fingerprint density at radius 3 is 2.61 bits per heavy atom. The second-order valence-electron chi connectivity index (χ2n) is 5.04. The molecule has 0 saturated carbocycles. The second kappa shape index (κ2) is 6.34. The fourth-order valence-corrected chi connectivity index (χ4v) is 2.61. The molecule has 3 rings (SSSR count). The number of hydrogen-bond acceptors (Lipinski definition) is 2. The Hall–Kier alpha value is -2.47. The number of aromatic nitrogens is 2. The van der Waals surface area contributed by atoms with Crippen molar-refractivity contribution in [3.8, 4) is 5.69 Å². The zero-order valence-electron chi connectivity index (χ0n) is 12.3. The second-order valence-corrected chi connectivity index (χ2v) is 5.95. The molecule has 0 saturated heterocycles. The predicted octanol–water partition coefficient (Wildman–Crippen LogP) is 4.33.